The summed E-state index contributed by atoms with van der Waals surface area (Å²) in [7, 11) is 3.10. The summed E-state index contributed by atoms with van der Waals surface area (Å²) in [4.78, 5) is 70.2. The summed E-state index contributed by atoms with van der Waals surface area (Å²) in [5, 5.41) is 23.1. The molecule has 2 unspecified atom stereocenters. The second kappa shape index (κ2) is 10.1. The third-order valence-corrected chi connectivity index (χ3v) is 10.1. The van der Waals surface area contributed by atoms with Gasteiger partial charge in [-0.2, -0.15) is 0 Å². The molecular formula is C31H32ClN3O7. The number of benzene rings is 2. The van der Waals surface area contributed by atoms with Crippen molar-refractivity contribution < 1.29 is 34.2 Å². The molecule has 6 atom stereocenters. The standard InChI is InChI=1S/C31H32ClN3O7/c1-34(2)25-19-10-16-9-18-22(26(37)21(16)28(39)31(19,42)29(40)23(27(25)38)30(33)41)20(36)11-17(24(18)32)13-35-8-7-14-5-3-4-6-15(14)12-35/h3-6,11,16,19,21,23,25,36,42H,7-10,12-13H2,1-2H3,(H2,33,41)/t16-,19-,21?,23?,25-,31-/m0/s1. The van der Waals surface area contributed by atoms with Gasteiger partial charge in [0.2, 0.25) is 5.91 Å². The number of phenols is 1. The molecule has 0 bridgehead atoms. The van der Waals surface area contributed by atoms with Crippen LogP contribution in [0.5, 0.6) is 5.75 Å². The second-order valence-electron chi connectivity index (χ2n) is 12.2. The minimum absolute atomic E-state index is 0.0197. The fraction of sp³-hybridized carbons (Fsp3) is 0.452. The van der Waals surface area contributed by atoms with E-state index in [9.17, 15) is 34.2 Å². The van der Waals surface area contributed by atoms with E-state index in [2.05, 4.69) is 17.0 Å². The third-order valence-electron chi connectivity index (χ3n) is 9.67. The second-order valence-corrected chi connectivity index (χ2v) is 12.6. The van der Waals surface area contributed by atoms with Crippen molar-refractivity contribution in [1.29, 1.82) is 0 Å². The van der Waals surface area contributed by atoms with E-state index in [0.29, 0.717) is 29.2 Å². The Morgan fingerprint density at radius 2 is 1.83 bits per heavy atom. The number of amides is 1. The Hall–Kier alpha value is -3.44. The number of Topliss-reactive ketones (excluding diaryl/α,β-unsaturated/α-hetero) is 4. The largest absolute Gasteiger partial charge is 0.507 e. The maximum atomic E-state index is 13.9. The zero-order valence-electron chi connectivity index (χ0n) is 23.3. The Morgan fingerprint density at radius 1 is 1.14 bits per heavy atom. The summed E-state index contributed by atoms with van der Waals surface area (Å²) in [6.45, 7) is 1.95. The zero-order valence-corrected chi connectivity index (χ0v) is 24.1. The maximum absolute atomic E-state index is 13.9. The van der Waals surface area contributed by atoms with Crippen LogP contribution in [-0.2, 0) is 45.1 Å². The lowest BCUT2D eigenvalue weighted by molar-refractivity contribution is -0.181. The van der Waals surface area contributed by atoms with Gasteiger partial charge in [0.25, 0.3) is 0 Å². The van der Waals surface area contributed by atoms with Crippen LogP contribution in [0.15, 0.2) is 30.3 Å². The smallest absolute Gasteiger partial charge is 0.235 e. The molecule has 2 aromatic carbocycles. The molecule has 0 aromatic heterocycles. The van der Waals surface area contributed by atoms with Crippen LogP contribution in [0.4, 0.5) is 0 Å². The van der Waals surface area contributed by atoms with E-state index in [1.54, 1.807) is 14.1 Å². The van der Waals surface area contributed by atoms with E-state index >= 15 is 0 Å². The number of hydrogen-bond acceptors (Lipinski definition) is 9. The summed E-state index contributed by atoms with van der Waals surface area (Å²) in [6.07, 6.45) is 0.990. The van der Waals surface area contributed by atoms with E-state index in [1.165, 1.54) is 22.1 Å². The summed E-state index contributed by atoms with van der Waals surface area (Å²) in [6, 6.07) is 8.51. The number of phenolic OH excluding ortho intramolecular Hbond substituents is 1. The predicted molar refractivity (Wildman–Crippen MR) is 151 cm³/mol. The highest BCUT2D eigenvalue weighted by atomic mass is 35.5. The molecule has 6 rings (SSSR count). The number of fused-ring (bicyclic) bond motifs is 4. The van der Waals surface area contributed by atoms with Crippen molar-refractivity contribution in [3.8, 4) is 5.75 Å². The summed E-state index contributed by atoms with van der Waals surface area (Å²) < 4.78 is 0. The molecule has 1 heterocycles. The van der Waals surface area contributed by atoms with Gasteiger partial charge in [-0.25, -0.2) is 0 Å². The summed E-state index contributed by atoms with van der Waals surface area (Å²) >= 11 is 6.90. The fourth-order valence-electron chi connectivity index (χ4n) is 7.75. The van der Waals surface area contributed by atoms with Crippen molar-refractivity contribution in [2.75, 3.05) is 20.6 Å². The van der Waals surface area contributed by atoms with E-state index in [1.807, 2.05) is 12.1 Å². The van der Waals surface area contributed by atoms with E-state index < -0.39 is 64.4 Å². The molecule has 220 valence electrons. The monoisotopic (exact) mass is 593 g/mol. The number of rotatable bonds is 4. The molecule has 2 saturated carbocycles. The van der Waals surface area contributed by atoms with Crippen molar-refractivity contribution in [2.45, 2.75) is 44.0 Å². The lowest BCUT2D eigenvalue weighted by atomic mass is 9.52. The average Bonchev–Trinajstić information content (AvgIpc) is 2.93. The number of carbonyl (C=O) groups is 5. The molecule has 0 radical (unpaired) electrons. The van der Waals surface area contributed by atoms with Crippen LogP contribution in [0, 0.1) is 23.7 Å². The number of ketones is 4. The van der Waals surface area contributed by atoms with Crippen LogP contribution in [0.3, 0.4) is 0 Å². The van der Waals surface area contributed by atoms with Gasteiger partial charge in [-0.15, -0.1) is 0 Å². The Morgan fingerprint density at radius 3 is 2.50 bits per heavy atom. The van der Waals surface area contributed by atoms with Crippen molar-refractivity contribution in [3.63, 3.8) is 0 Å². The normalized spacial score (nSPS) is 30.9. The predicted octanol–water partition coefficient (Wildman–Crippen LogP) is 1.08. The van der Waals surface area contributed by atoms with Gasteiger partial charge in [-0.1, -0.05) is 35.9 Å². The number of hydrogen-bond donors (Lipinski definition) is 3. The maximum Gasteiger partial charge on any atom is 0.235 e. The van der Waals surface area contributed by atoms with Crippen LogP contribution in [0.2, 0.25) is 5.02 Å². The first kappa shape index (κ1) is 28.7. The molecule has 1 amide bonds. The van der Waals surface area contributed by atoms with Crippen LogP contribution >= 0.6 is 11.6 Å². The van der Waals surface area contributed by atoms with Gasteiger partial charge in [-0.05, 0) is 67.6 Å². The van der Waals surface area contributed by atoms with Crippen molar-refractivity contribution >= 4 is 40.6 Å². The van der Waals surface area contributed by atoms with Gasteiger partial charge in [0.1, 0.15) is 5.75 Å². The topological polar surface area (TPSA) is 158 Å². The first-order valence-electron chi connectivity index (χ1n) is 14.0. The number of likely N-dealkylation sites (N-methyl/N-ethyl adjacent to an activating group) is 1. The van der Waals surface area contributed by atoms with Gasteiger partial charge >= 0.3 is 0 Å². The first-order valence-corrected chi connectivity index (χ1v) is 14.4. The Labute approximate surface area is 247 Å². The molecule has 0 saturated heterocycles. The number of nitrogens with two attached hydrogens (primary N) is 1. The van der Waals surface area contributed by atoms with Crippen LogP contribution < -0.4 is 5.73 Å². The molecule has 4 aliphatic rings. The van der Waals surface area contributed by atoms with E-state index in [-0.39, 0.29) is 24.2 Å². The molecule has 42 heavy (non-hydrogen) atoms. The quantitative estimate of drug-likeness (QED) is 0.441. The molecule has 2 fully saturated rings. The summed E-state index contributed by atoms with van der Waals surface area (Å²) in [5.41, 5.74) is 6.09. The molecule has 11 heteroatoms. The van der Waals surface area contributed by atoms with Gasteiger partial charge in [-0.3, -0.25) is 33.8 Å². The number of primary amides is 1. The molecule has 2 aromatic rings. The van der Waals surface area contributed by atoms with E-state index in [4.69, 9.17) is 17.3 Å². The minimum atomic E-state index is -2.75. The van der Waals surface area contributed by atoms with Gasteiger partial charge in [0, 0.05) is 30.6 Å². The molecular weight excluding hydrogens is 562 g/mol. The Balaban J connectivity index is 1.36. The third kappa shape index (κ3) is 4.07. The number of carbonyl (C=O) groups excluding carboxylic acids is 5. The Kier molecular flexibility index (Phi) is 6.88. The molecule has 0 spiro atoms. The fourth-order valence-corrected chi connectivity index (χ4v) is 8.04. The molecule has 3 aliphatic carbocycles. The highest BCUT2D eigenvalue weighted by molar-refractivity contribution is 6.34. The van der Waals surface area contributed by atoms with Gasteiger partial charge in [0.15, 0.2) is 34.7 Å². The average molecular weight is 594 g/mol. The number of halogens is 1. The summed E-state index contributed by atoms with van der Waals surface area (Å²) in [5.74, 6) is -10.8. The number of aliphatic hydroxyl groups is 1. The molecule has 10 nitrogen and oxygen atoms in total. The van der Waals surface area contributed by atoms with Gasteiger partial charge in [0.05, 0.1) is 17.5 Å². The highest BCUT2D eigenvalue weighted by Crippen LogP contribution is 2.52. The van der Waals surface area contributed by atoms with Crippen molar-refractivity contribution in [2.24, 2.45) is 29.4 Å². The molecule has 1 aliphatic heterocycles. The first-order chi connectivity index (χ1) is 19.9. The van der Waals surface area contributed by atoms with E-state index in [0.717, 1.165) is 13.0 Å². The number of aromatic hydroxyl groups is 1. The lowest BCUT2D eigenvalue weighted by Gasteiger charge is -2.52. The van der Waals surface area contributed by atoms with Crippen LogP contribution in [0.1, 0.15) is 39.0 Å². The molecule has 4 N–H and O–H groups in total. The van der Waals surface area contributed by atoms with Crippen molar-refractivity contribution in [3.05, 3.63) is 63.2 Å². The van der Waals surface area contributed by atoms with Crippen molar-refractivity contribution in [1.82, 2.24) is 9.80 Å². The zero-order chi connectivity index (χ0) is 30.2. The van der Waals surface area contributed by atoms with Crippen LogP contribution in [0.25, 0.3) is 0 Å². The Bertz CT molecular complexity index is 1570. The SMILES string of the molecule is CN(C)[C@@H]1C(=O)C(C(N)=O)C(=O)[C@@]2(O)C(=O)C3C(=O)c4c(O)cc(CN5CCc6ccccc6C5)c(Cl)c4C[C@H]3C[C@@H]12. The minimum Gasteiger partial charge on any atom is -0.507 e. The lowest BCUT2D eigenvalue weighted by Crippen LogP contribution is -2.74. The van der Waals surface area contributed by atoms with Crippen LogP contribution in [-0.4, -0.2) is 81.3 Å². The number of nitrogens with zero attached hydrogens (tertiary/aromatic N) is 2. The highest BCUT2D eigenvalue weighted by Gasteiger charge is 2.69. The van der Waals surface area contributed by atoms with Gasteiger partial charge < -0.3 is 15.9 Å².